The molecule has 1 saturated heterocycles. The van der Waals surface area contributed by atoms with Crippen LogP contribution in [-0.2, 0) is 18.4 Å². The molecule has 2 fully saturated rings. The van der Waals surface area contributed by atoms with Crippen LogP contribution in [0.25, 0.3) is 11.4 Å². The molecule has 3 N–H and O–H groups in total. The quantitative estimate of drug-likeness (QED) is 0.473. The van der Waals surface area contributed by atoms with Crippen molar-refractivity contribution in [1.29, 1.82) is 0 Å². The van der Waals surface area contributed by atoms with E-state index in [2.05, 4.69) is 38.4 Å². The van der Waals surface area contributed by atoms with Crippen LogP contribution in [0.4, 0.5) is 14.9 Å². The smallest absolute Gasteiger partial charge is 0.319 e. The normalized spacial score (nSPS) is 19.3. The third-order valence-corrected chi connectivity index (χ3v) is 6.90. The Morgan fingerprint density at radius 2 is 1.95 bits per heavy atom. The number of halogens is 1. The molecule has 10 nitrogen and oxygen atoms in total. The molecule has 2 atom stereocenters. The van der Waals surface area contributed by atoms with E-state index in [9.17, 15) is 14.0 Å². The zero-order valence-electron chi connectivity index (χ0n) is 21.9. The number of tetrazole rings is 1. The van der Waals surface area contributed by atoms with Crippen LogP contribution in [-0.4, -0.2) is 62.7 Å². The van der Waals surface area contributed by atoms with Crippen LogP contribution in [0.1, 0.15) is 38.2 Å². The maximum atomic E-state index is 12.7. The van der Waals surface area contributed by atoms with Gasteiger partial charge in [-0.2, -0.15) is 0 Å². The molecular formula is C27H35FN8O2. The summed E-state index contributed by atoms with van der Waals surface area (Å²) in [5.74, 6) is 1.05. The number of rotatable bonds is 5. The molecule has 5 rings (SSSR count). The zero-order chi connectivity index (χ0) is 26.9. The first-order valence-electron chi connectivity index (χ1n) is 13.0. The number of amides is 3. The van der Waals surface area contributed by atoms with E-state index in [4.69, 9.17) is 0 Å². The minimum atomic E-state index is -0.245. The first-order valence-corrected chi connectivity index (χ1v) is 13.0. The van der Waals surface area contributed by atoms with Gasteiger partial charge in [0.05, 0.1) is 6.54 Å². The Hall–Kier alpha value is -3.86. The molecule has 3 aromatic rings. The van der Waals surface area contributed by atoms with Gasteiger partial charge >= 0.3 is 6.03 Å². The molecule has 1 aliphatic heterocycles. The van der Waals surface area contributed by atoms with Crippen LogP contribution in [0, 0.1) is 11.7 Å². The molecule has 2 aliphatic rings. The van der Waals surface area contributed by atoms with Crippen LogP contribution < -0.4 is 16.0 Å². The Balaban J connectivity index is 0.000000194. The van der Waals surface area contributed by atoms with E-state index in [1.165, 1.54) is 31.4 Å². The highest BCUT2D eigenvalue weighted by Gasteiger charge is 2.23. The van der Waals surface area contributed by atoms with Gasteiger partial charge in [0, 0.05) is 44.0 Å². The SMILES string of the molecule is CC1CCCCC1NC(=O)Nc1cccc(-c2nnnn2C)c1.O=C1CNCCN1Cc1ccc(F)cc1. The van der Waals surface area contributed by atoms with E-state index in [0.717, 1.165) is 36.3 Å². The number of nitrogens with one attached hydrogen (secondary N) is 3. The highest BCUT2D eigenvalue weighted by atomic mass is 19.1. The summed E-state index contributed by atoms with van der Waals surface area (Å²) in [6.45, 7) is 4.72. The van der Waals surface area contributed by atoms with E-state index in [1.807, 2.05) is 24.3 Å². The van der Waals surface area contributed by atoms with Crippen molar-refractivity contribution in [3.63, 3.8) is 0 Å². The average Bonchev–Trinajstić information content (AvgIpc) is 3.34. The van der Waals surface area contributed by atoms with E-state index in [0.29, 0.717) is 24.8 Å². The van der Waals surface area contributed by atoms with Gasteiger partial charge in [0.1, 0.15) is 5.82 Å². The van der Waals surface area contributed by atoms with E-state index >= 15 is 0 Å². The fourth-order valence-corrected chi connectivity index (χ4v) is 4.70. The molecule has 11 heteroatoms. The molecule has 1 aliphatic carbocycles. The topological polar surface area (TPSA) is 117 Å². The number of carbonyl (C=O) groups is 2. The summed E-state index contributed by atoms with van der Waals surface area (Å²) in [4.78, 5) is 25.5. The largest absolute Gasteiger partial charge is 0.336 e. The second-order valence-electron chi connectivity index (χ2n) is 9.79. The molecular weight excluding hydrogens is 487 g/mol. The third kappa shape index (κ3) is 7.58. The molecule has 0 radical (unpaired) electrons. The Kier molecular flexibility index (Phi) is 9.36. The van der Waals surface area contributed by atoms with Gasteiger partial charge in [-0.15, -0.1) is 5.10 Å². The molecule has 202 valence electrons. The summed E-state index contributed by atoms with van der Waals surface area (Å²) < 4.78 is 14.3. The van der Waals surface area contributed by atoms with Gasteiger partial charge in [-0.05, 0) is 59.0 Å². The van der Waals surface area contributed by atoms with Crippen LogP contribution in [0.3, 0.4) is 0 Å². The van der Waals surface area contributed by atoms with Crippen molar-refractivity contribution in [2.24, 2.45) is 13.0 Å². The van der Waals surface area contributed by atoms with E-state index in [1.54, 1.807) is 28.8 Å². The van der Waals surface area contributed by atoms with Crippen LogP contribution in [0.5, 0.6) is 0 Å². The van der Waals surface area contributed by atoms with Gasteiger partial charge < -0.3 is 20.9 Å². The monoisotopic (exact) mass is 522 g/mol. The second-order valence-corrected chi connectivity index (χ2v) is 9.79. The third-order valence-electron chi connectivity index (χ3n) is 6.90. The molecule has 0 bridgehead atoms. The van der Waals surface area contributed by atoms with Crippen LogP contribution >= 0.6 is 0 Å². The number of hydrogen-bond acceptors (Lipinski definition) is 6. The number of benzene rings is 2. The number of nitrogens with zero attached hydrogens (tertiary/aromatic N) is 5. The molecule has 0 spiro atoms. The minimum absolute atomic E-state index is 0.102. The summed E-state index contributed by atoms with van der Waals surface area (Å²) in [5.41, 5.74) is 2.56. The van der Waals surface area contributed by atoms with Crippen molar-refractivity contribution >= 4 is 17.6 Å². The van der Waals surface area contributed by atoms with Gasteiger partial charge in [0.15, 0.2) is 5.82 Å². The average molecular weight is 523 g/mol. The highest BCUT2D eigenvalue weighted by Crippen LogP contribution is 2.24. The summed E-state index contributed by atoms with van der Waals surface area (Å²) >= 11 is 0. The van der Waals surface area contributed by atoms with E-state index in [-0.39, 0.29) is 23.8 Å². The zero-order valence-corrected chi connectivity index (χ0v) is 21.9. The van der Waals surface area contributed by atoms with Crippen LogP contribution in [0.15, 0.2) is 48.5 Å². The predicted octanol–water partition coefficient (Wildman–Crippen LogP) is 3.33. The highest BCUT2D eigenvalue weighted by molar-refractivity contribution is 5.90. The maximum Gasteiger partial charge on any atom is 0.319 e. The number of urea groups is 1. The number of aryl methyl sites for hydroxylation is 1. The Morgan fingerprint density at radius 1 is 1.16 bits per heavy atom. The predicted molar refractivity (Wildman–Crippen MR) is 142 cm³/mol. The van der Waals surface area contributed by atoms with Gasteiger partial charge in [-0.25, -0.2) is 13.9 Å². The Labute approximate surface area is 222 Å². The lowest BCUT2D eigenvalue weighted by molar-refractivity contribution is -0.132. The summed E-state index contributed by atoms with van der Waals surface area (Å²) in [6, 6.07) is 13.9. The first-order chi connectivity index (χ1) is 18.4. The number of aromatic nitrogens is 4. The molecule has 2 unspecified atom stereocenters. The lowest BCUT2D eigenvalue weighted by Crippen LogP contribution is -2.47. The van der Waals surface area contributed by atoms with Gasteiger partial charge in [0.2, 0.25) is 5.91 Å². The number of piperazine rings is 1. The standard InChI is InChI=1S/C16H22N6O.C11H13FN2O/c1-11-6-3-4-9-14(11)18-16(23)17-13-8-5-7-12(10-13)15-19-20-21-22(15)2;12-10-3-1-9(2-4-10)8-14-6-5-13-7-11(14)15/h5,7-8,10-11,14H,3-4,6,9H2,1-2H3,(H2,17,18,23);1-4,13H,5-8H2. The number of anilines is 1. The first kappa shape index (κ1) is 27.2. The lowest BCUT2D eigenvalue weighted by Gasteiger charge is -2.29. The molecule has 1 saturated carbocycles. The fraction of sp³-hybridized carbons (Fsp3) is 0.444. The van der Waals surface area contributed by atoms with Gasteiger partial charge in [-0.3, -0.25) is 4.79 Å². The van der Waals surface area contributed by atoms with Crippen molar-refractivity contribution in [3.05, 3.63) is 59.9 Å². The molecule has 2 heterocycles. The fourth-order valence-electron chi connectivity index (χ4n) is 4.70. The van der Waals surface area contributed by atoms with Gasteiger partial charge in [-0.1, -0.05) is 44.0 Å². The number of carbonyl (C=O) groups excluding carboxylic acids is 2. The molecule has 2 aromatic carbocycles. The second kappa shape index (κ2) is 13.1. The Morgan fingerprint density at radius 3 is 2.66 bits per heavy atom. The Bertz CT molecular complexity index is 1220. The van der Waals surface area contributed by atoms with Crippen molar-refractivity contribution < 1.29 is 14.0 Å². The lowest BCUT2D eigenvalue weighted by atomic mass is 9.86. The van der Waals surface area contributed by atoms with Crippen molar-refractivity contribution in [3.8, 4) is 11.4 Å². The maximum absolute atomic E-state index is 12.7. The van der Waals surface area contributed by atoms with Crippen molar-refractivity contribution in [2.45, 2.75) is 45.2 Å². The molecule has 38 heavy (non-hydrogen) atoms. The van der Waals surface area contributed by atoms with Gasteiger partial charge in [0.25, 0.3) is 0 Å². The summed E-state index contributed by atoms with van der Waals surface area (Å²) in [7, 11) is 1.78. The summed E-state index contributed by atoms with van der Waals surface area (Å²) in [5, 5.41) is 20.4. The number of hydrogen-bond donors (Lipinski definition) is 3. The molecule has 3 amide bonds. The van der Waals surface area contributed by atoms with Crippen molar-refractivity contribution in [2.75, 3.05) is 25.0 Å². The summed E-state index contributed by atoms with van der Waals surface area (Å²) in [6.07, 6.45) is 4.68. The van der Waals surface area contributed by atoms with Crippen LogP contribution in [0.2, 0.25) is 0 Å². The van der Waals surface area contributed by atoms with E-state index < -0.39 is 0 Å². The molecule has 1 aromatic heterocycles. The van der Waals surface area contributed by atoms with Crippen molar-refractivity contribution in [1.82, 2.24) is 35.7 Å². The minimum Gasteiger partial charge on any atom is -0.336 e.